The van der Waals surface area contributed by atoms with E-state index in [4.69, 9.17) is 9.72 Å². The summed E-state index contributed by atoms with van der Waals surface area (Å²) in [4.78, 5) is 15.8. The van der Waals surface area contributed by atoms with Crippen molar-refractivity contribution in [2.24, 2.45) is 0 Å². The van der Waals surface area contributed by atoms with Gasteiger partial charge in [-0.05, 0) is 50.6 Å². The summed E-state index contributed by atoms with van der Waals surface area (Å²) >= 11 is 0. The van der Waals surface area contributed by atoms with Gasteiger partial charge in [-0.1, -0.05) is 0 Å². The Kier molecular flexibility index (Phi) is 4.67. The van der Waals surface area contributed by atoms with Gasteiger partial charge in [-0.3, -0.25) is 4.98 Å². The second kappa shape index (κ2) is 7.25. The molecule has 1 aromatic carbocycles. The minimum absolute atomic E-state index is 0.289. The SMILES string of the molecule is CCOC1CCN(c2nc(C)nc3cc(Nc4cccnc4)ccc23)C1. The highest BCUT2D eigenvalue weighted by atomic mass is 16.5. The summed E-state index contributed by atoms with van der Waals surface area (Å²) in [6.07, 6.45) is 4.90. The van der Waals surface area contributed by atoms with E-state index in [1.54, 1.807) is 12.4 Å². The first-order chi connectivity index (χ1) is 12.7. The van der Waals surface area contributed by atoms with Crippen molar-refractivity contribution in [3.8, 4) is 0 Å². The minimum Gasteiger partial charge on any atom is -0.377 e. The third-order valence-electron chi connectivity index (χ3n) is 4.59. The van der Waals surface area contributed by atoms with E-state index >= 15 is 0 Å². The van der Waals surface area contributed by atoms with E-state index in [0.717, 1.165) is 60.0 Å². The Morgan fingerprint density at radius 1 is 1.23 bits per heavy atom. The zero-order chi connectivity index (χ0) is 17.9. The van der Waals surface area contributed by atoms with Gasteiger partial charge in [0.2, 0.25) is 0 Å². The number of pyridine rings is 1. The molecule has 1 atom stereocenters. The highest BCUT2D eigenvalue weighted by Crippen LogP contribution is 2.30. The highest BCUT2D eigenvalue weighted by molar-refractivity contribution is 5.92. The largest absolute Gasteiger partial charge is 0.377 e. The van der Waals surface area contributed by atoms with Crippen molar-refractivity contribution in [3.05, 3.63) is 48.5 Å². The summed E-state index contributed by atoms with van der Waals surface area (Å²) in [6, 6.07) is 10.1. The van der Waals surface area contributed by atoms with Crippen LogP contribution >= 0.6 is 0 Å². The molecule has 26 heavy (non-hydrogen) atoms. The van der Waals surface area contributed by atoms with Crippen LogP contribution in [0.3, 0.4) is 0 Å². The van der Waals surface area contributed by atoms with Gasteiger partial charge in [0.05, 0.1) is 23.5 Å². The number of ether oxygens (including phenoxy) is 1. The van der Waals surface area contributed by atoms with Crippen molar-refractivity contribution in [1.29, 1.82) is 0 Å². The van der Waals surface area contributed by atoms with Crippen LogP contribution in [-0.2, 0) is 4.74 Å². The van der Waals surface area contributed by atoms with Crippen LogP contribution in [0.5, 0.6) is 0 Å². The molecule has 0 radical (unpaired) electrons. The molecule has 0 saturated carbocycles. The summed E-state index contributed by atoms with van der Waals surface area (Å²) in [5.41, 5.74) is 2.89. The Morgan fingerprint density at radius 2 is 2.15 bits per heavy atom. The second-order valence-corrected chi connectivity index (χ2v) is 6.51. The maximum atomic E-state index is 5.78. The number of aromatic nitrogens is 3. The number of fused-ring (bicyclic) bond motifs is 1. The Labute approximate surface area is 153 Å². The molecular formula is C20H23N5O. The predicted octanol–water partition coefficient (Wildman–Crippen LogP) is 3.69. The normalized spacial score (nSPS) is 17.0. The average molecular weight is 349 g/mol. The number of nitrogens with one attached hydrogen (secondary N) is 1. The van der Waals surface area contributed by atoms with Crippen LogP contribution in [0, 0.1) is 6.92 Å². The Bertz CT molecular complexity index is 899. The maximum absolute atomic E-state index is 5.78. The van der Waals surface area contributed by atoms with E-state index in [0.29, 0.717) is 0 Å². The van der Waals surface area contributed by atoms with Crippen molar-refractivity contribution in [1.82, 2.24) is 15.0 Å². The van der Waals surface area contributed by atoms with Gasteiger partial charge in [0, 0.05) is 37.0 Å². The standard InChI is InChI=1S/C20H23N5O/c1-3-26-17-8-10-25(13-17)20-18-7-6-15(11-19(18)22-14(2)23-20)24-16-5-4-9-21-12-16/h4-7,9,11-12,17,24H,3,8,10,13H2,1-2H3. The van der Waals surface area contributed by atoms with Crippen molar-refractivity contribution in [2.45, 2.75) is 26.4 Å². The lowest BCUT2D eigenvalue weighted by molar-refractivity contribution is 0.0787. The number of benzene rings is 1. The molecule has 134 valence electrons. The molecule has 1 N–H and O–H groups in total. The second-order valence-electron chi connectivity index (χ2n) is 6.51. The summed E-state index contributed by atoms with van der Waals surface area (Å²) in [5.74, 6) is 1.79. The molecule has 0 amide bonds. The average Bonchev–Trinajstić information content (AvgIpc) is 3.10. The number of hydrogen-bond acceptors (Lipinski definition) is 6. The first-order valence-electron chi connectivity index (χ1n) is 9.05. The van der Waals surface area contributed by atoms with Gasteiger partial charge in [0.1, 0.15) is 11.6 Å². The Morgan fingerprint density at radius 3 is 2.96 bits per heavy atom. The predicted molar refractivity (Wildman–Crippen MR) is 104 cm³/mol. The Hall–Kier alpha value is -2.73. The number of anilines is 3. The lowest BCUT2D eigenvalue weighted by Crippen LogP contribution is -2.24. The number of aryl methyl sites for hydroxylation is 1. The van der Waals surface area contributed by atoms with Crippen LogP contribution in [0.4, 0.5) is 17.2 Å². The smallest absolute Gasteiger partial charge is 0.140 e. The van der Waals surface area contributed by atoms with E-state index < -0.39 is 0 Å². The quantitative estimate of drug-likeness (QED) is 0.758. The van der Waals surface area contributed by atoms with E-state index in [9.17, 15) is 0 Å². The van der Waals surface area contributed by atoms with Gasteiger partial charge < -0.3 is 15.0 Å². The molecule has 2 aromatic heterocycles. The summed E-state index contributed by atoms with van der Waals surface area (Å²) in [7, 11) is 0. The van der Waals surface area contributed by atoms with Gasteiger partial charge in [-0.25, -0.2) is 9.97 Å². The molecule has 1 unspecified atom stereocenters. The van der Waals surface area contributed by atoms with Crippen LogP contribution in [0.1, 0.15) is 19.2 Å². The van der Waals surface area contributed by atoms with E-state index in [2.05, 4.69) is 38.4 Å². The van der Waals surface area contributed by atoms with Crippen LogP contribution in [0.25, 0.3) is 10.9 Å². The summed E-state index contributed by atoms with van der Waals surface area (Å²) in [5, 5.41) is 4.45. The van der Waals surface area contributed by atoms with Crippen molar-refractivity contribution >= 4 is 28.1 Å². The molecule has 1 fully saturated rings. The van der Waals surface area contributed by atoms with Gasteiger partial charge in [-0.2, -0.15) is 0 Å². The van der Waals surface area contributed by atoms with Crippen molar-refractivity contribution in [3.63, 3.8) is 0 Å². The molecule has 0 bridgehead atoms. The first kappa shape index (κ1) is 16.7. The van der Waals surface area contributed by atoms with Crippen LogP contribution in [0.15, 0.2) is 42.7 Å². The van der Waals surface area contributed by atoms with E-state index in [1.807, 2.05) is 26.0 Å². The monoisotopic (exact) mass is 349 g/mol. The number of hydrogen-bond donors (Lipinski definition) is 1. The topological polar surface area (TPSA) is 63.2 Å². The zero-order valence-corrected chi connectivity index (χ0v) is 15.1. The highest BCUT2D eigenvalue weighted by Gasteiger charge is 2.25. The molecule has 1 aliphatic rings. The van der Waals surface area contributed by atoms with Crippen LogP contribution in [-0.4, -0.2) is 40.8 Å². The van der Waals surface area contributed by atoms with E-state index in [1.165, 1.54) is 0 Å². The van der Waals surface area contributed by atoms with Gasteiger partial charge in [0.15, 0.2) is 0 Å². The fourth-order valence-corrected chi connectivity index (χ4v) is 3.44. The molecule has 0 spiro atoms. The third-order valence-corrected chi connectivity index (χ3v) is 4.59. The first-order valence-corrected chi connectivity index (χ1v) is 9.05. The Balaban J connectivity index is 1.65. The lowest BCUT2D eigenvalue weighted by atomic mass is 10.2. The minimum atomic E-state index is 0.289. The fourth-order valence-electron chi connectivity index (χ4n) is 3.44. The number of rotatable bonds is 5. The molecule has 0 aliphatic carbocycles. The molecule has 1 saturated heterocycles. The van der Waals surface area contributed by atoms with E-state index in [-0.39, 0.29) is 6.10 Å². The van der Waals surface area contributed by atoms with Gasteiger partial charge in [0.25, 0.3) is 0 Å². The fraction of sp³-hybridized carbons (Fsp3) is 0.350. The zero-order valence-electron chi connectivity index (χ0n) is 15.1. The molecule has 3 aromatic rings. The third kappa shape index (κ3) is 3.46. The van der Waals surface area contributed by atoms with Gasteiger partial charge in [-0.15, -0.1) is 0 Å². The van der Waals surface area contributed by atoms with Crippen molar-refractivity contribution in [2.75, 3.05) is 29.9 Å². The molecule has 6 nitrogen and oxygen atoms in total. The maximum Gasteiger partial charge on any atom is 0.140 e. The van der Waals surface area contributed by atoms with Crippen LogP contribution < -0.4 is 10.2 Å². The molecular weight excluding hydrogens is 326 g/mol. The van der Waals surface area contributed by atoms with Crippen molar-refractivity contribution < 1.29 is 4.74 Å². The lowest BCUT2D eigenvalue weighted by Gasteiger charge is -2.20. The summed E-state index contributed by atoms with van der Waals surface area (Å²) < 4.78 is 5.78. The molecule has 3 heterocycles. The molecule has 4 rings (SSSR count). The number of nitrogens with zero attached hydrogens (tertiary/aromatic N) is 4. The summed E-state index contributed by atoms with van der Waals surface area (Å²) in [6.45, 7) is 6.59. The van der Waals surface area contributed by atoms with Gasteiger partial charge >= 0.3 is 0 Å². The molecule has 1 aliphatic heterocycles. The molecule has 6 heteroatoms. The van der Waals surface area contributed by atoms with Crippen LogP contribution in [0.2, 0.25) is 0 Å².